The number of likely N-dealkylation sites (tertiary alicyclic amines) is 1. The van der Waals surface area contributed by atoms with Gasteiger partial charge < -0.3 is 10.2 Å². The first-order chi connectivity index (χ1) is 9.46. The van der Waals surface area contributed by atoms with Crippen molar-refractivity contribution < 1.29 is 13.2 Å². The van der Waals surface area contributed by atoms with Gasteiger partial charge in [-0.2, -0.15) is 13.2 Å². The minimum atomic E-state index is -4.13. The largest absolute Gasteiger partial charge is 0.401 e. The fourth-order valence-corrected chi connectivity index (χ4v) is 3.65. The van der Waals surface area contributed by atoms with Gasteiger partial charge >= 0.3 is 6.18 Å². The molecule has 1 aromatic rings. The summed E-state index contributed by atoms with van der Waals surface area (Å²) in [5.41, 5.74) is 0. The summed E-state index contributed by atoms with van der Waals surface area (Å²) in [7, 11) is 0. The summed E-state index contributed by atoms with van der Waals surface area (Å²) in [5.74, 6) is 0.438. The third-order valence-electron chi connectivity index (χ3n) is 3.72. The molecule has 1 fully saturated rings. The zero-order chi connectivity index (χ0) is 14.6. The number of nitrogens with one attached hydrogen (secondary N) is 1. The normalized spacial score (nSPS) is 25.0. The summed E-state index contributed by atoms with van der Waals surface area (Å²) in [6, 6.07) is 4.07. The topological polar surface area (TPSA) is 15.3 Å². The number of rotatable bonds is 5. The molecule has 0 radical (unpaired) electrons. The molecule has 0 amide bonds. The monoisotopic (exact) mass is 306 g/mol. The van der Waals surface area contributed by atoms with Gasteiger partial charge in [0.2, 0.25) is 0 Å². The van der Waals surface area contributed by atoms with Crippen molar-refractivity contribution in [3.63, 3.8) is 0 Å². The molecule has 0 aliphatic carbocycles. The van der Waals surface area contributed by atoms with Gasteiger partial charge in [0.1, 0.15) is 0 Å². The minimum absolute atomic E-state index is 0.0599. The number of halogens is 3. The number of alkyl halides is 3. The number of hydrogen-bond donors (Lipinski definition) is 1. The van der Waals surface area contributed by atoms with Crippen molar-refractivity contribution in [2.24, 2.45) is 5.92 Å². The van der Waals surface area contributed by atoms with Crippen LogP contribution < -0.4 is 5.32 Å². The lowest BCUT2D eigenvalue weighted by Crippen LogP contribution is -2.51. The van der Waals surface area contributed by atoms with Crippen LogP contribution in [0.2, 0.25) is 0 Å². The summed E-state index contributed by atoms with van der Waals surface area (Å²) in [5, 5.41) is 4.72. The molecule has 0 saturated carbocycles. The van der Waals surface area contributed by atoms with E-state index in [1.165, 1.54) is 4.88 Å². The van der Waals surface area contributed by atoms with E-state index in [9.17, 15) is 13.2 Å². The van der Waals surface area contributed by atoms with E-state index in [2.05, 4.69) is 28.6 Å². The van der Waals surface area contributed by atoms with E-state index in [-0.39, 0.29) is 6.04 Å². The summed E-state index contributed by atoms with van der Waals surface area (Å²) < 4.78 is 37.0. The van der Waals surface area contributed by atoms with Crippen LogP contribution in [0.25, 0.3) is 0 Å². The van der Waals surface area contributed by atoms with Crippen LogP contribution in [0.1, 0.15) is 18.2 Å². The van der Waals surface area contributed by atoms with E-state index in [1.807, 2.05) is 6.07 Å². The van der Waals surface area contributed by atoms with Gasteiger partial charge in [0.25, 0.3) is 0 Å². The molecular formula is C14H21F3N2S. The molecular weight excluding hydrogens is 285 g/mol. The fraction of sp³-hybridized carbons (Fsp3) is 0.714. The summed E-state index contributed by atoms with van der Waals surface area (Å²) in [4.78, 5) is 3.57. The number of nitrogens with zero attached hydrogens (tertiary/aromatic N) is 1. The Morgan fingerprint density at radius 3 is 2.80 bits per heavy atom. The average molecular weight is 306 g/mol. The lowest BCUT2D eigenvalue weighted by Gasteiger charge is -2.37. The Bertz CT molecular complexity index is 392. The lowest BCUT2D eigenvalue weighted by molar-refractivity contribution is -0.127. The van der Waals surface area contributed by atoms with Crippen LogP contribution in [-0.2, 0) is 6.42 Å². The lowest BCUT2D eigenvalue weighted by atomic mass is 9.91. The molecule has 6 heteroatoms. The van der Waals surface area contributed by atoms with Gasteiger partial charge in [0.15, 0.2) is 0 Å². The Morgan fingerprint density at radius 2 is 2.20 bits per heavy atom. The predicted octanol–water partition coefficient (Wildman–Crippen LogP) is 3.15. The van der Waals surface area contributed by atoms with Crippen LogP contribution in [0, 0.1) is 5.92 Å². The molecule has 2 atom stereocenters. The Morgan fingerprint density at radius 1 is 1.40 bits per heavy atom. The molecule has 2 unspecified atom stereocenters. The van der Waals surface area contributed by atoms with Crippen LogP contribution in [0.15, 0.2) is 17.5 Å². The Balaban J connectivity index is 1.89. The molecule has 2 heterocycles. The van der Waals surface area contributed by atoms with E-state index >= 15 is 0 Å². The highest BCUT2D eigenvalue weighted by Crippen LogP contribution is 2.24. The van der Waals surface area contributed by atoms with Gasteiger partial charge in [-0.25, -0.2) is 0 Å². The molecule has 0 aromatic carbocycles. The second-order valence-electron chi connectivity index (χ2n) is 5.43. The van der Waals surface area contributed by atoms with Crippen molar-refractivity contribution in [1.82, 2.24) is 10.2 Å². The first-order valence-corrected chi connectivity index (χ1v) is 7.89. The maximum Gasteiger partial charge on any atom is 0.401 e. The first-order valence-electron chi connectivity index (χ1n) is 7.01. The fourth-order valence-electron chi connectivity index (χ4n) is 2.83. The average Bonchev–Trinajstić information content (AvgIpc) is 2.88. The summed E-state index contributed by atoms with van der Waals surface area (Å²) in [6.45, 7) is 3.77. The van der Waals surface area contributed by atoms with E-state index in [1.54, 1.807) is 11.3 Å². The van der Waals surface area contributed by atoms with Gasteiger partial charge in [-0.1, -0.05) is 13.0 Å². The Labute approximate surface area is 122 Å². The first kappa shape index (κ1) is 15.8. The quantitative estimate of drug-likeness (QED) is 0.899. The summed E-state index contributed by atoms with van der Waals surface area (Å²) in [6.07, 6.45) is -2.33. The molecule has 1 aliphatic rings. The standard InChI is InChI=1S/C14H21F3N2S/c1-2-19-8-11(7-13-4-3-5-20-13)6-12(9-19)18-10-14(15,16)17/h3-5,11-12,18H,2,6-10H2,1H3. The van der Waals surface area contributed by atoms with Crippen molar-refractivity contribution in [2.45, 2.75) is 32.0 Å². The van der Waals surface area contributed by atoms with Gasteiger partial charge in [0.05, 0.1) is 6.54 Å². The SMILES string of the molecule is CCN1CC(Cc2cccs2)CC(NCC(F)(F)F)C1. The van der Waals surface area contributed by atoms with Crippen LogP contribution >= 0.6 is 11.3 Å². The molecule has 1 aliphatic heterocycles. The van der Waals surface area contributed by atoms with E-state index in [0.29, 0.717) is 12.5 Å². The third kappa shape index (κ3) is 5.07. The highest BCUT2D eigenvalue weighted by molar-refractivity contribution is 7.09. The maximum absolute atomic E-state index is 12.3. The molecule has 1 N–H and O–H groups in total. The second kappa shape index (κ2) is 6.91. The van der Waals surface area contributed by atoms with Gasteiger partial charge in [-0.15, -0.1) is 11.3 Å². The smallest absolute Gasteiger partial charge is 0.305 e. The van der Waals surface area contributed by atoms with Crippen LogP contribution in [0.4, 0.5) is 13.2 Å². The number of likely N-dealkylation sites (N-methyl/N-ethyl adjacent to an activating group) is 1. The molecule has 20 heavy (non-hydrogen) atoms. The van der Waals surface area contributed by atoms with E-state index in [0.717, 1.165) is 25.9 Å². The molecule has 1 saturated heterocycles. The van der Waals surface area contributed by atoms with E-state index < -0.39 is 12.7 Å². The van der Waals surface area contributed by atoms with Gasteiger partial charge in [-0.05, 0) is 36.8 Å². The molecule has 114 valence electrons. The maximum atomic E-state index is 12.3. The third-order valence-corrected chi connectivity index (χ3v) is 4.62. The number of thiophene rings is 1. The van der Waals surface area contributed by atoms with Crippen LogP contribution in [0.5, 0.6) is 0 Å². The molecule has 1 aromatic heterocycles. The van der Waals surface area contributed by atoms with Crippen molar-refractivity contribution in [3.05, 3.63) is 22.4 Å². The second-order valence-corrected chi connectivity index (χ2v) is 6.46. The molecule has 0 bridgehead atoms. The van der Waals surface area contributed by atoms with Gasteiger partial charge in [0, 0.05) is 24.0 Å². The van der Waals surface area contributed by atoms with Crippen LogP contribution in [-0.4, -0.2) is 43.3 Å². The molecule has 2 rings (SSSR count). The molecule has 0 spiro atoms. The van der Waals surface area contributed by atoms with E-state index in [4.69, 9.17) is 0 Å². The molecule has 2 nitrogen and oxygen atoms in total. The predicted molar refractivity (Wildman–Crippen MR) is 76.1 cm³/mol. The van der Waals surface area contributed by atoms with Crippen molar-refractivity contribution >= 4 is 11.3 Å². The Hall–Kier alpha value is -0.590. The highest BCUT2D eigenvalue weighted by Gasteiger charge is 2.31. The Kier molecular flexibility index (Phi) is 5.46. The van der Waals surface area contributed by atoms with Crippen molar-refractivity contribution in [2.75, 3.05) is 26.2 Å². The van der Waals surface area contributed by atoms with Crippen molar-refractivity contribution in [1.29, 1.82) is 0 Å². The number of hydrogen-bond acceptors (Lipinski definition) is 3. The zero-order valence-corrected chi connectivity index (χ0v) is 12.4. The van der Waals surface area contributed by atoms with Gasteiger partial charge in [-0.3, -0.25) is 0 Å². The zero-order valence-electron chi connectivity index (χ0n) is 11.6. The van der Waals surface area contributed by atoms with Crippen molar-refractivity contribution in [3.8, 4) is 0 Å². The minimum Gasteiger partial charge on any atom is -0.305 e. The van der Waals surface area contributed by atoms with Crippen LogP contribution in [0.3, 0.4) is 0 Å². The summed E-state index contributed by atoms with van der Waals surface area (Å²) >= 11 is 1.73. The number of piperidine rings is 1. The highest BCUT2D eigenvalue weighted by atomic mass is 32.1.